The van der Waals surface area contributed by atoms with E-state index < -0.39 is 0 Å². The average Bonchev–Trinajstić information content (AvgIpc) is 2.95. The number of amides is 1. The highest BCUT2D eigenvalue weighted by Crippen LogP contribution is 2.19. The molecule has 2 rings (SSSR count). The molecule has 2 aromatic rings. The van der Waals surface area contributed by atoms with Crippen molar-refractivity contribution in [1.82, 2.24) is 25.5 Å². The molecule has 6 nitrogen and oxygen atoms in total. The third-order valence-corrected chi connectivity index (χ3v) is 2.96. The van der Waals surface area contributed by atoms with Crippen LogP contribution in [-0.4, -0.2) is 32.7 Å². The Morgan fingerprint density at radius 2 is 2.44 bits per heavy atom. The van der Waals surface area contributed by atoms with Crippen LogP contribution < -0.4 is 5.32 Å². The minimum atomic E-state index is -0.244. The van der Waals surface area contributed by atoms with Crippen molar-refractivity contribution >= 4 is 28.8 Å². The molecule has 1 amide bonds. The molecular formula is C10H10ClN5OS. The Labute approximate surface area is 112 Å². The summed E-state index contributed by atoms with van der Waals surface area (Å²) in [6.45, 7) is 3.71. The number of aromatic nitrogens is 4. The van der Waals surface area contributed by atoms with E-state index >= 15 is 0 Å². The highest BCUT2D eigenvalue weighted by Gasteiger charge is 2.09. The summed E-state index contributed by atoms with van der Waals surface area (Å²) in [5.74, 6) is 0.270. The highest BCUT2D eigenvalue weighted by molar-refractivity contribution is 7.13. The van der Waals surface area contributed by atoms with Gasteiger partial charge in [0, 0.05) is 5.03 Å². The van der Waals surface area contributed by atoms with Crippen LogP contribution in [0.25, 0.3) is 10.7 Å². The zero-order valence-electron chi connectivity index (χ0n) is 9.34. The number of tetrazole rings is 1. The monoisotopic (exact) mass is 283 g/mol. The van der Waals surface area contributed by atoms with Gasteiger partial charge in [-0.3, -0.25) is 4.79 Å². The van der Waals surface area contributed by atoms with Crippen molar-refractivity contribution in [3.63, 3.8) is 0 Å². The summed E-state index contributed by atoms with van der Waals surface area (Å²) in [5.41, 5.74) is 0. The summed E-state index contributed by atoms with van der Waals surface area (Å²) >= 11 is 7.05. The van der Waals surface area contributed by atoms with Crippen molar-refractivity contribution in [3.05, 3.63) is 29.1 Å². The largest absolute Gasteiger partial charge is 0.349 e. The summed E-state index contributed by atoms with van der Waals surface area (Å²) in [6, 6.07) is 3.79. The first-order chi connectivity index (χ1) is 8.65. The molecule has 0 saturated carbocycles. The van der Waals surface area contributed by atoms with Crippen molar-refractivity contribution in [1.29, 1.82) is 0 Å². The van der Waals surface area contributed by atoms with Gasteiger partial charge in [0.15, 0.2) is 0 Å². The third kappa shape index (κ3) is 3.38. The van der Waals surface area contributed by atoms with E-state index in [0.29, 0.717) is 10.9 Å². The summed E-state index contributed by atoms with van der Waals surface area (Å²) < 4.78 is 0. The summed E-state index contributed by atoms with van der Waals surface area (Å²) in [4.78, 5) is 13.6. The van der Waals surface area contributed by atoms with E-state index in [4.69, 9.17) is 11.6 Å². The van der Waals surface area contributed by atoms with E-state index in [-0.39, 0.29) is 19.0 Å². The molecule has 0 unspecified atom stereocenters. The predicted molar refractivity (Wildman–Crippen MR) is 69.1 cm³/mol. The second-order valence-corrected chi connectivity index (χ2v) is 4.90. The number of hydrogen-bond acceptors (Lipinski definition) is 5. The van der Waals surface area contributed by atoms with Gasteiger partial charge in [0.2, 0.25) is 11.7 Å². The van der Waals surface area contributed by atoms with Gasteiger partial charge in [-0.2, -0.15) is 4.80 Å². The van der Waals surface area contributed by atoms with Gasteiger partial charge in [-0.15, -0.1) is 21.5 Å². The zero-order valence-corrected chi connectivity index (χ0v) is 10.9. The fraction of sp³-hybridized carbons (Fsp3) is 0.200. The Bertz CT molecular complexity index is 550. The van der Waals surface area contributed by atoms with Crippen molar-refractivity contribution in [2.75, 3.05) is 6.54 Å². The Balaban J connectivity index is 1.95. The van der Waals surface area contributed by atoms with E-state index in [1.54, 1.807) is 0 Å². The van der Waals surface area contributed by atoms with Crippen molar-refractivity contribution in [2.24, 2.45) is 0 Å². The number of nitrogens with zero attached hydrogens (tertiary/aromatic N) is 4. The van der Waals surface area contributed by atoms with Crippen LogP contribution >= 0.6 is 22.9 Å². The number of halogens is 1. The molecule has 0 fully saturated rings. The highest BCUT2D eigenvalue weighted by atomic mass is 35.5. The van der Waals surface area contributed by atoms with Crippen molar-refractivity contribution in [3.8, 4) is 10.7 Å². The van der Waals surface area contributed by atoms with Crippen LogP contribution in [0.1, 0.15) is 0 Å². The lowest BCUT2D eigenvalue weighted by molar-refractivity contribution is -0.121. The first-order valence-electron chi connectivity index (χ1n) is 5.07. The quantitative estimate of drug-likeness (QED) is 0.897. The molecule has 0 aliphatic heterocycles. The smallest absolute Gasteiger partial charge is 0.243 e. The molecule has 18 heavy (non-hydrogen) atoms. The maximum absolute atomic E-state index is 11.5. The SMILES string of the molecule is C=C(Cl)CNC(=O)Cn1nnc(-c2cccs2)n1. The maximum Gasteiger partial charge on any atom is 0.243 e. The van der Waals surface area contributed by atoms with Gasteiger partial charge in [-0.1, -0.05) is 24.2 Å². The molecule has 0 spiro atoms. The molecule has 8 heteroatoms. The van der Waals surface area contributed by atoms with Crippen LogP contribution in [0.5, 0.6) is 0 Å². The number of nitrogens with one attached hydrogen (secondary N) is 1. The summed E-state index contributed by atoms with van der Waals surface area (Å²) in [5, 5.41) is 16.7. The molecule has 0 bridgehead atoms. The summed E-state index contributed by atoms with van der Waals surface area (Å²) in [6.07, 6.45) is 0. The number of carbonyl (C=O) groups excluding carboxylic acids is 1. The number of hydrogen-bond donors (Lipinski definition) is 1. The standard InChI is InChI=1S/C10H10ClN5OS/c1-7(11)5-12-9(17)6-16-14-10(13-15-16)8-3-2-4-18-8/h2-4H,1,5-6H2,(H,12,17). The van der Waals surface area contributed by atoms with Gasteiger partial charge in [0.1, 0.15) is 6.54 Å². The van der Waals surface area contributed by atoms with Gasteiger partial charge in [-0.25, -0.2) is 0 Å². The van der Waals surface area contributed by atoms with E-state index in [9.17, 15) is 4.79 Å². The first kappa shape index (κ1) is 12.7. The maximum atomic E-state index is 11.5. The van der Waals surface area contributed by atoms with Gasteiger partial charge >= 0.3 is 0 Å². The van der Waals surface area contributed by atoms with Crippen LogP contribution in [0, 0.1) is 0 Å². The first-order valence-corrected chi connectivity index (χ1v) is 6.32. The zero-order chi connectivity index (χ0) is 13.0. The van der Waals surface area contributed by atoms with E-state index in [1.165, 1.54) is 16.1 Å². The van der Waals surface area contributed by atoms with Gasteiger partial charge in [-0.05, 0) is 16.7 Å². The Hall–Kier alpha value is -1.73. The normalized spacial score (nSPS) is 10.3. The lowest BCUT2D eigenvalue weighted by Gasteiger charge is -2.01. The third-order valence-electron chi connectivity index (χ3n) is 1.96. The minimum absolute atomic E-state index is 0.00252. The van der Waals surface area contributed by atoms with Crippen molar-refractivity contribution in [2.45, 2.75) is 6.54 Å². The molecule has 94 valence electrons. The van der Waals surface area contributed by atoms with Crippen molar-refractivity contribution < 1.29 is 4.79 Å². The second kappa shape index (κ2) is 5.74. The van der Waals surface area contributed by atoms with Crippen LogP contribution in [-0.2, 0) is 11.3 Å². The minimum Gasteiger partial charge on any atom is -0.349 e. The topological polar surface area (TPSA) is 72.7 Å². The molecule has 0 radical (unpaired) electrons. The van der Waals surface area contributed by atoms with E-state index in [0.717, 1.165) is 4.88 Å². The molecule has 0 saturated heterocycles. The predicted octanol–water partition coefficient (Wildman–Crippen LogP) is 1.27. The molecular weight excluding hydrogens is 274 g/mol. The molecule has 0 atom stereocenters. The number of thiophene rings is 1. The Morgan fingerprint density at radius 3 is 3.11 bits per heavy atom. The fourth-order valence-electron chi connectivity index (χ4n) is 1.19. The van der Waals surface area contributed by atoms with Gasteiger partial charge in [0.05, 0.1) is 11.4 Å². The molecule has 2 aromatic heterocycles. The molecule has 1 N–H and O–H groups in total. The van der Waals surface area contributed by atoms with Gasteiger partial charge in [0.25, 0.3) is 0 Å². The van der Waals surface area contributed by atoms with Crippen LogP contribution in [0.15, 0.2) is 29.1 Å². The molecule has 0 aliphatic carbocycles. The van der Waals surface area contributed by atoms with Gasteiger partial charge < -0.3 is 5.32 Å². The number of rotatable bonds is 5. The van der Waals surface area contributed by atoms with E-state index in [1.807, 2.05) is 17.5 Å². The van der Waals surface area contributed by atoms with E-state index in [2.05, 4.69) is 27.3 Å². The lowest BCUT2D eigenvalue weighted by Crippen LogP contribution is -2.29. The fourth-order valence-corrected chi connectivity index (χ4v) is 1.91. The molecule has 0 aromatic carbocycles. The van der Waals surface area contributed by atoms with Crippen LogP contribution in [0.2, 0.25) is 0 Å². The Kier molecular flexibility index (Phi) is 4.06. The summed E-state index contributed by atoms with van der Waals surface area (Å²) in [7, 11) is 0. The van der Waals surface area contributed by atoms with Crippen LogP contribution in [0.3, 0.4) is 0 Å². The van der Waals surface area contributed by atoms with Crippen LogP contribution in [0.4, 0.5) is 0 Å². The Morgan fingerprint density at radius 1 is 1.61 bits per heavy atom. The number of carbonyl (C=O) groups is 1. The second-order valence-electron chi connectivity index (χ2n) is 3.41. The molecule has 0 aliphatic rings. The molecule has 2 heterocycles. The average molecular weight is 284 g/mol. The lowest BCUT2D eigenvalue weighted by atomic mass is 10.5.